The molecule has 0 saturated carbocycles. The van der Waals surface area contributed by atoms with Crippen molar-refractivity contribution in [3.63, 3.8) is 0 Å². The van der Waals surface area contributed by atoms with E-state index in [1.165, 1.54) is 42.8 Å². The molecule has 7 nitrogen and oxygen atoms in total. The number of anilines is 1. The molecule has 4 rings (SSSR count). The molecule has 0 fully saturated rings. The van der Waals surface area contributed by atoms with E-state index in [4.69, 9.17) is 14.2 Å². The SMILES string of the molecule is COc1cccc(OC)c1OC(=O)c1cccc(S(=O)(=O)N2CCc3ccccc32)c1. The first-order valence-corrected chi connectivity index (χ1v) is 11.0. The van der Waals surface area contributed by atoms with Gasteiger partial charge in [0.05, 0.1) is 30.4 Å². The molecule has 1 aliphatic heterocycles. The molecule has 0 bridgehead atoms. The summed E-state index contributed by atoms with van der Waals surface area (Å²) >= 11 is 0. The summed E-state index contributed by atoms with van der Waals surface area (Å²) in [5.74, 6) is 0.0520. The maximum Gasteiger partial charge on any atom is 0.343 e. The van der Waals surface area contributed by atoms with Gasteiger partial charge in [0.1, 0.15) is 0 Å². The van der Waals surface area contributed by atoms with Gasteiger partial charge in [-0.3, -0.25) is 4.31 Å². The summed E-state index contributed by atoms with van der Waals surface area (Å²) in [7, 11) is -0.927. The first-order chi connectivity index (χ1) is 15.0. The van der Waals surface area contributed by atoms with Gasteiger partial charge in [-0.25, -0.2) is 13.2 Å². The van der Waals surface area contributed by atoms with Gasteiger partial charge in [0.15, 0.2) is 11.5 Å². The van der Waals surface area contributed by atoms with Crippen LogP contribution in [0.5, 0.6) is 17.2 Å². The zero-order valence-corrected chi connectivity index (χ0v) is 17.9. The first kappa shape index (κ1) is 20.7. The van der Waals surface area contributed by atoms with Gasteiger partial charge >= 0.3 is 5.97 Å². The van der Waals surface area contributed by atoms with E-state index < -0.39 is 16.0 Å². The number of nitrogens with zero attached hydrogens (tertiary/aromatic N) is 1. The summed E-state index contributed by atoms with van der Waals surface area (Å²) in [6.07, 6.45) is 0.644. The Bertz CT molecular complexity index is 1220. The second kappa shape index (κ2) is 8.31. The number of carbonyl (C=O) groups is 1. The Morgan fingerprint density at radius 3 is 2.29 bits per heavy atom. The van der Waals surface area contributed by atoms with Crippen molar-refractivity contribution in [3.8, 4) is 17.2 Å². The highest BCUT2D eigenvalue weighted by Gasteiger charge is 2.31. The van der Waals surface area contributed by atoms with Crippen molar-refractivity contribution in [2.24, 2.45) is 0 Å². The standard InChI is InChI=1S/C23H21NO6S/c1-28-20-11-6-12-21(29-2)22(20)30-23(25)17-8-5-9-18(15-17)31(26,27)24-14-13-16-7-3-4-10-19(16)24/h3-12,15H,13-14H2,1-2H3. The molecule has 0 radical (unpaired) electrons. The summed E-state index contributed by atoms with van der Waals surface area (Å²) < 4.78 is 43.9. The van der Waals surface area contributed by atoms with E-state index in [1.54, 1.807) is 30.3 Å². The van der Waals surface area contributed by atoms with E-state index in [0.29, 0.717) is 30.2 Å². The van der Waals surface area contributed by atoms with Crippen LogP contribution < -0.4 is 18.5 Å². The van der Waals surface area contributed by atoms with Crippen molar-refractivity contribution in [1.29, 1.82) is 0 Å². The van der Waals surface area contributed by atoms with Gasteiger partial charge in [-0.15, -0.1) is 0 Å². The van der Waals surface area contributed by atoms with Crippen molar-refractivity contribution in [2.45, 2.75) is 11.3 Å². The Morgan fingerprint density at radius 1 is 0.903 bits per heavy atom. The second-order valence-electron chi connectivity index (χ2n) is 6.86. The molecular formula is C23H21NO6S. The van der Waals surface area contributed by atoms with Gasteiger partial charge in [0.2, 0.25) is 5.75 Å². The molecule has 3 aromatic carbocycles. The number of benzene rings is 3. The van der Waals surface area contributed by atoms with Crippen molar-refractivity contribution >= 4 is 21.7 Å². The van der Waals surface area contributed by atoms with E-state index in [9.17, 15) is 13.2 Å². The van der Waals surface area contributed by atoms with Gasteiger partial charge in [-0.1, -0.05) is 30.3 Å². The third-order valence-corrected chi connectivity index (χ3v) is 6.89. The Morgan fingerprint density at radius 2 is 1.58 bits per heavy atom. The molecule has 0 N–H and O–H groups in total. The highest BCUT2D eigenvalue weighted by molar-refractivity contribution is 7.92. The van der Waals surface area contributed by atoms with Crippen LogP contribution in [0.25, 0.3) is 0 Å². The zero-order valence-electron chi connectivity index (χ0n) is 17.1. The third-order valence-electron chi connectivity index (χ3n) is 5.08. The van der Waals surface area contributed by atoms with Gasteiger partial charge in [0.25, 0.3) is 10.0 Å². The number of methoxy groups -OCH3 is 2. The van der Waals surface area contributed by atoms with Crippen LogP contribution in [0.3, 0.4) is 0 Å². The number of sulfonamides is 1. The zero-order chi connectivity index (χ0) is 22.0. The Labute approximate surface area is 180 Å². The summed E-state index contributed by atoms with van der Waals surface area (Å²) in [6, 6.07) is 18.2. The maximum atomic E-state index is 13.3. The van der Waals surface area contributed by atoms with E-state index >= 15 is 0 Å². The van der Waals surface area contributed by atoms with Crippen molar-refractivity contribution in [3.05, 3.63) is 77.9 Å². The minimum Gasteiger partial charge on any atom is -0.493 e. The molecule has 1 heterocycles. The van der Waals surface area contributed by atoms with Gasteiger partial charge in [0, 0.05) is 6.54 Å². The first-order valence-electron chi connectivity index (χ1n) is 9.59. The maximum absolute atomic E-state index is 13.3. The van der Waals surface area contributed by atoms with E-state index in [1.807, 2.05) is 12.1 Å². The van der Waals surface area contributed by atoms with Crippen molar-refractivity contribution in [1.82, 2.24) is 0 Å². The van der Waals surface area contributed by atoms with Crippen LogP contribution in [-0.4, -0.2) is 35.2 Å². The minimum atomic E-state index is -3.83. The molecule has 0 aliphatic carbocycles. The molecule has 160 valence electrons. The average Bonchev–Trinajstić information content (AvgIpc) is 3.24. The number of hydrogen-bond acceptors (Lipinski definition) is 6. The Kier molecular flexibility index (Phi) is 5.56. The van der Waals surface area contributed by atoms with Gasteiger partial charge in [-0.2, -0.15) is 0 Å². The van der Waals surface area contributed by atoms with Crippen molar-refractivity contribution in [2.75, 3.05) is 25.1 Å². The largest absolute Gasteiger partial charge is 0.493 e. The Balaban J connectivity index is 1.65. The van der Waals surface area contributed by atoms with Crippen LogP contribution in [0.2, 0.25) is 0 Å². The monoisotopic (exact) mass is 439 g/mol. The fraction of sp³-hybridized carbons (Fsp3) is 0.174. The summed E-state index contributed by atoms with van der Waals surface area (Å²) in [5, 5.41) is 0. The normalized spacial score (nSPS) is 12.9. The quantitative estimate of drug-likeness (QED) is 0.431. The average molecular weight is 439 g/mol. The predicted octanol–water partition coefficient (Wildman–Crippen LogP) is 3.67. The molecule has 0 aromatic heterocycles. The number of para-hydroxylation sites is 2. The fourth-order valence-electron chi connectivity index (χ4n) is 3.54. The molecule has 3 aromatic rings. The van der Waals surface area contributed by atoms with E-state index in [0.717, 1.165) is 5.56 Å². The fourth-order valence-corrected chi connectivity index (χ4v) is 5.09. The molecule has 0 spiro atoms. The lowest BCUT2D eigenvalue weighted by Gasteiger charge is -2.20. The number of ether oxygens (including phenoxy) is 3. The lowest BCUT2D eigenvalue weighted by Crippen LogP contribution is -2.29. The second-order valence-corrected chi connectivity index (χ2v) is 8.73. The van der Waals surface area contributed by atoms with Crippen LogP contribution >= 0.6 is 0 Å². The topological polar surface area (TPSA) is 82.1 Å². The molecule has 0 atom stereocenters. The van der Waals surface area contributed by atoms with Crippen LogP contribution in [0, 0.1) is 0 Å². The molecule has 8 heteroatoms. The minimum absolute atomic E-state index is 0.0191. The lowest BCUT2D eigenvalue weighted by molar-refractivity contribution is 0.0724. The van der Waals surface area contributed by atoms with E-state index in [2.05, 4.69) is 0 Å². The molecular weight excluding hydrogens is 418 g/mol. The highest BCUT2D eigenvalue weighted by Crippen LogP contribution is 2.37. The molecule has 0 unspecified atom stereocenters. The predicted molar refractivity (Wildman–Crippen MR) is 116 cm³/mol. The summed E-state index contributed by atoms with van der Waals surface area (Å²) in [4.78, 5) is 12.8. The third kappa shape index (κ3) is 3.82. The van der Waals surface area contributed by atoms with Crippen LogP contribution in [0.4, 0.5) is 5.69 Å². The highest BCUT2D eigenvalue weighted by atomic mass is 32.2. The van der Waals surface area contributed by atoms with Gasteiger partial charge in [-0.05, 0) is 48.4 Å². The van der Waals surface area contributed by atoms with Crippen LogP contribution in [0.15, 0.2) is 71.6 Å². The molecule has 31 heavy (non-hydrogen) atoms. The molecule has 0 amide bonds. The lowest BCUT2D eigenvalue weighted by atomic mass is 10.2. The smallest absolute Gasteiger partial charge is 0.343 e. The molecule has 0 saturated heterocycles. The summed E-state index contributed by atoms with van der Waals surface area (Å²) in [6.45, 7) is 0.356. The summed E-state index contributed by atoms with van der Waals surface area (Å²) in [5.41, 5.74) is 1.74. The molecule has 1 aliphatic rings. The van der Waals surface area contributed by atoms with Gasteiger partial charge < -0.3 is 14.2 Å². The number of carbonyl (C=O) groups excluding carboxylic acids is 1. The van der Waals surface area contributed by atoms with E-state index in [-0.39, 0.29) is 16.2 Å². The van der Waals surface area contributed by atoms with Crippen molar-refractivity contribution < 1.29 is 27.4 Å². The number of esters is 1. The van der Waals surface area contributed by atoms with Crippen LogP contribution in [0.1, 0.15) is 15.9 Å². The number of fused-ring (bicyclic) bond motifs is 1. The number of hydrogen-bond donors (Lipinski definition) is 0. The number of rotatable bonds is 6. The van der Waals surface area contributed by atoms with Crippen LogP contribution in [-0.2, 0) is 16.4 Å². The Hall–Kier alpha value is -3.52.